The summed E-state index contributed by atoms with van der Waals surface area (Å²) in [5.41, 5.74) is 9.83. The van der Waals surface area contributed by atoms with Gasteiger partial charge in [0, 0.05) is 22.9 Å². The summed E-state index contributed by atoms with van der Waals surface area (Å²) in [7, 11) is 0. The molecule has 0 saturated heterocycles. The maximum atomic E-state index is 5.35. The zero-order valence-corrected chi connectivity index (χ0v) is 35.0. The number of hydrogen-bond donors (Lipinski definition) is 0. The van der Waals surface area contributed by atoms with Crippen molar-refractivity contribution in [2.75, 3.05) is 0 Å². The van der Waals surface area contributed by atoms with Crippen LogP contribution in [0.15, 0.2) is 46.4 Å². The molecule has 0 spiro atoms. The second-order valence-corrected chi connectivity index (χ2v) is 14.7. The number of rotatable bonds is 28. The van der Waals surface area contributed by atoms with Crippen molar-refractivity contribution >= 4 is 22.8 Å². The van der Waals surface area contributed by atoms with Crippen LogP contribution in [0.5, 0.6) is 0 Å². The minimum atomic E-state index is 0. The number of unbranched alkanes of at least 4 members (excludes halogenated alkanes) is 15. The number of nitrogens with zero attached hydrogens (tertiary/aromatic N) is 2. The minimum Gasteiger partial charge on any atom is -0.251 e. The Balaban J connectivity index is 0.0000130. The van der Waals surface area contributed by atoms with E-state index >= 15 is 0 Å². The zero-order valence-electron chi connectivity index (χ0n) is 34.1. The van der Waals surface area contributed by atoms with E-state index in [1.807, 2.05) is 0 Å². The van der Waals surface area contributed by atoms with Gasteiger partial charge in [-0.25, -0.2) is 4.99 Å². The summed E-state index contributed by atoms with van der Waals surface area (Å²) < 4.78 is 0. The number of benzene rings is 2. The second kappa shape index (κ2) is 31.4. The van der Waals surface area contributed by atoms with Gasteiger partial charge in [-0.3, -0.25) is 4.99 Å². The van der Waals surface area contributed by atoms with E-state index in [1.54, 1.807) is 0 Å². The standard InChI is InChI=1S/C48H76N2.Ni/c1-7-13-15-16-17-18-19-20-21-22-23-24-25-26-28-34-48(50-46-38-36-42(30-10-4)44(40-46)32-12-6)47(33-27-14-8-2)49-45-37-35-41(29-9-3)43(39-45)31-11-5;/h35-40H,7-27,29-33H2,1-6H3;. The Labute approximate surface area is 326 Å². The zero-order chi connectivity index (χ0) is 36.1. The van der Waals surface area contributed by atoms with Gasteiger partial charge in [0.2, 0.25) is 0 Å². The van der Waals surface area contributed by atoms with Crippen LogP contribution in [0.2, 0.25) is 0 Å². The average Bonchev–Trinajstić information content (AvgIpc) is 3.11. The first-order valence-corrected chi connectivity index (χ1v) is 21.5. The Morgan fingerprint density at radius 2 is 0.863 bits per heavy atom. The number of aliphatic imine (C=N–C) groups is 2. The molecule has 288 valence electrons. The Kier molecular flexibility index (Phi) is 28.8. The van der Waals surface area contributed by atoms with Crippen LogP contribution in [0.4, 0.5) is 11.4 Å². The van der Waals surface area contributed by atoms with E-state index in [0.29, 0.717) is 0 Å². The van der Waals surface area contributed by atoms with Crippen molar-refractivity contribution in [2.45, 2.75) is 208 Å². The normalized spacial score (nSPS) is 11.7. The van der Waals surface area contributed by atoms with E-state index in [4.69, 9.17) is 9.98 Å². The monoisotopic (exact) mass is 739 g/mol. The molecule has 0 aliphatic carbocycles. The summed E-state index contributed by atoms with van der Waals surface area (Å²) in [6.07, 6.45) is 32.3. The van der Waals surface area contributed by atoms with Crippen molar-refractivity contribution in [2.24, 2.45) is 9.98 Å². The number of hydrogen-bond acceptors (Lipinski definition) is 2. The van der Waals surface area contributed by atoms with Crippen molar-refractivity contribution in [3.05, 3.63) is 58.7 Å². The fourth-order valence-corrected chi connectivity index (χ4v) is 6.99. The molecule has 0 aromatic heterocycles. The Morgan fingerprint density at radius 3 is 1.33 bits per heavy atom. The Morgan fingerprint density at radius 1 is 0.451 bits per heavy atom. The molecule has 0 N–H and O–H groups in total. The van der Waals surface area contributed by atoms with E-state index in [0.717, 1.165) is 80.6 Å². The first-order valence-electron chi connectivity index (χ1n) is 21.5. The molecule has 0 radical (unpaired) electrons. The fraction of sp³-hybridized carbons (Fsp3) is 0.667. The molecule has 0 bridgehead atoms. The van der Waals surface area contributed by atoms with Crippen molar-refractivity contribution in [1.29, 1.82) is 0 Å². The summed E-state index contributed by atoms with van der Waals surface area (Å²) in [6, 6.07) is 13.7. The van der Waals surface area contributed by atoms with Crippen molar-refractivity contribution in [3.8, 4) is 11.8 Å². The van der Waals surface area contributed by atoms with Gasteiger partial charge in [0.1, 0.15) is 5.71 Å². The van der Waals surface area contributed by atoms with Gasteiger partial charge >= 0.3 is 0 Å². The third-order valence-electron chi connectivity index (χ3n) is 9.86. The first kappa shape index (κ1) is 46.9. The Hall–Kier alpha value is -2.17. The quantitative estimate of drug-likeness (QED) is 0.0359. The molecule has 0 amide bonds. The fourth-order valence-electron chi connectivity index (χ4n) is 6.99. The molecule has 0 heterocycles. The smallest absolute Gasteiger partial charge is 0.135 e. The van der Waals surface area contributed by atoms with Gasteiger partial charge in [-0.1, -0.05) is 175 Å². The summed E-state index contributed by atoms with van der Waals surface area (Å²) in [5, 5.41) is 0. The summed E-state index contributed by atoms with van der Waals surface area (Å²) in [5.74, 6) is 7.16. The molecule has 0 aliphatic heterocycles. The van der Waals surface area contributed by atoms with Gasteiger partial charge in [-0.15, -0.1) is 0 Å². The second-order valence-electron chi connectivity index (χ2n) is 14.7. The minimum absolute atomic E-state index is 0. The molecule has 2 aromatic rings. The SMILES string of the molecule is CCCCCCCCCCCCCCCC#CC(=Nc1ccc(CCC)c(CCC)c1)C(CCCCC)=Nc1ccc(CCC)c(CCC)c1.[Ni]. The van der Waals surface area contributed by atoms with Crippen LogP contribution in [0.1, 0.15) is 205 Å². The van der Waals surface area contributed by atoms with E-state index in [-0.39, 0.29) is 16.5 Å². The third-order valence-corrected chi connectivity index (χ3v) is 9.86. The molecule has 0 saturated carbocycles. The molecule has 2 rings (SSSR count). The number of aryl methyl sites for hydroxylation is 4. The molecular formula is C48H76N2Ni. The topological polar surface area (TPSA) is 24.7 Å². The van der Waals surface area contributed by atoms with Crippen LogP contribution in [-0.2, 0) is 42.2 Å². The van der Waals surface area contributed by atoms with Crippen molar-refractivity contribution in [3.63, 3.8) is 0 Å². The molecule has 0 unspecified atom stereocenters. The maximum Gasteiger partial charge on any atom is 0.135 e. The van der Waals surface area contributed by atoms with Crippen LogP contribution in [0.25, 0.3) is 0 Å². The predicted molar refractivity (Wildman–Crippen MR) is 225 cm³/mol. The summed E-state index contributed by atoms with van der Waals surface area (Å²) in [6.45, 7) is 13.7. The van der Waals surface area contributed by atoms with Crippen molar-refractivity contribution in [1.82, 2.24) is 0 Å². The molecule has 0 atom stereocenters. The van der Waals surface area contributed by atoms with E-state index in [2.05, 4.69) is 89.8 Å². The van der Waals surface area contributed by atoms with Gasteiger partial charge < -0.3 is 0 Å². The van der Waals surface area contributed by atoms with E-state index in [1.165, 1.54) is 131 Å². The maximum absolute atomic E-state index is 5.35. The predicted octanol–water partition coefficient (Wildman–Crippen LogP) is 15.4. The molecule has 2 nitrogen and oxygen atoms in total. The molecule has 2 aromatic carbocycles. The van der Waals surface area contributed by atoms with Crippen LogP contribution in [0, 0.1) is 11.8 Å². The van der Waals surface area contributed by atoms with Gasteiger partial charge in [0.15, 0.2) is 0 Å². The molecular weight excluding hydrogens is 663 g/mol. The van der Waals surface area contributed by atoms with Crippen LogP contribution < -0.4 is 0 Å². The largest absolute Gasteiger partial charge is 0.251 e. The van der Waals surface area contributed by atoms with E-state index in [9.17, 15) is 0 Å². The van der Waals surface area contributed by atoms with E-state index < -0.39 is 0 Å². The summed E-state index contributed by atoms with van der Waals surface area (Å²) >= 11 is 0. The van der Waals surface area contributed by atoms with Gasteiger partial charge in [-0.2, -0.15) is 0 Å². The summed E-state index contributed by atoms with van der Waals surface area (Å²) in [4.78, 5) is 10.6. The van der Waals surface area contributed by atoms with Gasteiger partial charge in [-0.05, 0) is 97.4 Å². The van der Waals surface area contributed by atoms with Crippen LogP contribution in [0.3, 0.4) is 0 Å². The first-order chi connectivity index (χ1) is 24.6. The van der Waals surface area contributed by atoms with Crippen LogP contribution in [-0.4, -0.2) is 11.4 Å². The van der Waals surface area contributed by atoms with Crippen molar-refractivity contribution < 1.29 is 16.5 Å². The van der Waals surface area contributed by atoms with Gasteiger partial charge in [0.25, 0.3) is 0 Å². The average molecular weight is 740 g/mol. The van der Waals surface area contributed by atoms with Crippen LogP contribution >= 0.6 is 0 Å². The third kappa shape index (κ3) is 20.6. The molecule has 0 fully saturated rings. The Bertz CT molecular complexity index is 1290. The molecule has 3 heteroatoms. The molecule has 51 heavy (non-hydrogen) atoms. The molecule has 0 aliphatic rings. The van der Waals surface area contributed by atoms with Gasteiger partial charge in [0.05, 0.1) is 17.1 Å².